The lowest BCUT2D eigenvalue weighted by atomic mass is 9.76. The molecule has 1 amide bonds. The highest BCUT2D eigenvalue weighted by Gasteiger charge is 2.32. The third-order valence-electron chi connectivity index (χ3n) is 4.14. The van der Waals surface area contributed by atoms with Crippen molar-refractivity contribution in [1.29, 1.82) is 0 Å². The van der Waals surface area contributed by atoms with Crippen molar-refractivity contribution in [3.05, 3.63) is 57.8 Å². The summed E-state index contributed by atoms with van der Waals surface area (Å²) in [6.45, 7) is 0. The summed E-state index contributed by atoms with van der Waals surface area (Å²) in [6.07, 6.45) is 4.67. The van der Waals surface area contributed by atoms with E-state index in [2.05, 4.69) is 22.4 Å². The van der Waals surface area contributed by atoms with Crippen molar-refractivity contribution in [2.75, 3.05) is 7.11 Å². The highest BCUT2D eigenvalue weighted by Crippen LogP contribution is 2.37. The minimum absolute atomic E-state index is 0.143. The number of methoxy groups -OCH3 is 1. The predicted molar refractivity (Wildman–Crippen MR) is 90.5 cm³/mol. The van der Waals surface area contributed by atoms with Crippen LogP contribution >= 0.6 is 23.2 Å². The molecule has 1 aromatic carbocycles. The lowest BCUT2D eigenvalue weighted by molar-refractivity contribution is 0.0908. The summed E-state index contributed by atoms with van der Waals surface area (Å²) in [7, 11) is 1.65. The second kappa shape index (κ2) is 6.77. The maximum absolute atomic E-state index is 12.2. The molecule has 2 aromatic rings. The third kappa shape index (κ3) is 3.43. The number of ether oxygens (including phenoxy) is 1. The van der Waals surface area contributed by atoms with E-state index in [0.717, 1.165) is 18.6 Å². The molecule has 0 unspecified atom stereocenters. The van der Waals surface area contributed by atoms with Crippen LogP contribution in [0.2, 0.25) is 10.0 Å². The number of hydrogen-bond donors (Lipinski definition) is 1. The number of hydrogen-bond acceptors (Lipinski definition) is 3. The summed E-state index contributed by atoms with van der Waals surface area (Å²) < 4.78 is 5.16. The lowest BCUT2D eigenvalue weighted by Crippen LogP contribution is -2.43. The van der Waals surface area contributed by atoms with Gasteiger partial charge in [-0.1, -0.05) is 35.3 Å². The minimum atomic E-state index is -0.233. The van der Waals surface area contributed by atoms with Crippen molar-refractivity contribution in [2.24, 2.45) is 0 Å². The Morgan fingerprint density at radius 1 is 1.22 bits per heavy atom. The van der Waals surface area contributed by atoms with Gasteiger partial charge in [0.2, 0.25) is 0 Å². The number of aromatic nitrogens is 1. The highest BCUT2D eigenvalue weighted by molar-refractivity contribution is 6.43. The quantitative estimate of drug-likeness (QED) is 0.903. The van der Waals surface area contributed by atoms with Gasteiger partial charge in [0.25, 0.3) is 5.91 Å². The minimum Gasteiger partial charge on any atom is -0.497 e. The zero-order valence-electron chi connectivity index (χ0n) is 12.6. The van der Waals surface area contributed by atoms with E-state index in [1.54, 1.807) is 7.11 Å². The molecule has 23 heavy (non-hydrogen) atoms. The summed E-state index contributed by atoms with van der Waals surface area (Å²) in [5.41, 5.74) is 1.57. The summed E-state index contributed by atoms with van der Waals surface area (Å²) >= 11 is 11.9. The number of rotatable bonds is 4. The molecular weight excluding hydrogens is 335 g/mol. The maximum Gasteiger partial charge on any atom is 0.254 e. The first-order chi connectivity index (χ1) is 11.1. The molecule has 0 saturated heterocycles. The van der Waals surface area contributed by atoms with Gasteiger partial charge in [0, 0.05) is 18.4 Å². The van der Waals surface area contributed by atoms with Crippen LogP contribution in [-0.2, 0) is 0 Å². The van der Waals surface area contributed by atoms with Gasteiger partial charge in [-0.25, -0.2) is 0 Å². The Balaban J connectivity index is 1.57. The number of halogens is 2. The topological polar surface area (TPSA) is 51.2 Å². The second-order valence-electron chi connectivity index (χ2n) is 5.59. The van der Waals surface area contributed by atoms with Gasteiger partial charge in [0.15, 0.2) is 0 Å². The zero-order valence-corrected chi connectivity index (χ0v) is 14.1. The van der Waals surface area contributed by atoms with Crippen LogP contribution in [0.25, 0.3) is 0 Å². The number of pyridine rings is 1. The van der Waals surface area contributed by atoms with Gasteiger partial charge >= 0.3 is 0 Å². The van der Waals surface area contributed by atoms with Crippen LogP contribution < -0.4 is 10.1 Å². The molecule has 0 aliphatic heterocycles. The van der Waals surface area contributed by atoms with Crippen molar-refractivity contribution in [3.8, 4) is 5.75 Å². The van der Waals surface area contributed by atoms with Gasteiger partial charge in [-0.3, -0.25) is 9.78 Å². The Hall–Kier alpha value is -1.78. The first-order valence-corrected chi connectivity index (χ1v) is 8.08. The largest absolute Gasteiger partial charge is 0.497 e. The molecule has 4 nitrogen and oxygen atoms in total. The average molecular weight is 351 g/mol. The fraction of sp³-hybridized carbons (Fsp3) is 0.294. The fourth-order valence-corrected chi connectivity index (χ4v) is 3.07. The van der Waals surface area contributed by atoms with Crippen LogP contribution in [0.4, 0.5) is 0 Å². The van der Waals surface area contributed by atoms with Crippen molar-refractivity contribution >= 4 is 29.1 Å². The number of amides is 1. The van der Waals surface area contributed by atoms with E-state index < -0.39 is 0 Å². The molecule has 3 rings (SSSR count). The number of nitrogens with zero attached hydrogens (tertiary/aromatic N) is 1. The van der Waals surface area contributed by atoms with E-state index in [1.807, 2.05) is 12.1 Å². The fourth-order valence-electron chi connectivity index (χ4n) is 2.72. The standard InChI is InChI=1S/C17H16Cl2N2O2/c1-23-13-4-2-10(3-5-13)11-6-12(7-11)21-17(22)14-8-20-9-15(18)16(14)19/h2-5,8-9,11-12H,6-7H2,1H3,(H,21,22). The molecule has 0 bridgehead atoms. The van der Waals surface area contributed by atoms with Gasteiger partial charge in [0.05, 0.1) is 22.7 Å². The van der Waals surface area contributed by atoms with Gasteiger partial charge in [-0.05, 0) is 36.5 Å². The van der Waals surface area contributed by atoms with E-state index in [9.17, 15) is 4.79 Å². The van der Waals surface area contributed by atoms with Crippen molar-refractivity contribution in [3.63, 3.8) is 0 Å². The Morgan fingerprint density at radius 3 is 2.57 bits per heavy atom. The van der Waals surface area contributed by atoms with Crippen molar-refractivity contribution < 1.29 is 9.53 Å². The normalized spacial score (nSPS) is 19.8. The Labute approximate surface area is 144 Å². The van der Waals surface area contributed by atoms with E-state index in [-0.39, 0.29) is 22.0 Å². The molecular formula is C17H16Cl2N2O2. The highest BCUT2D eigenvalue weighted by atomic mass is 35.5. The lowest BCUT2D eigenvalue weighted by Gasteiger charge is -2.36. The van der Waals surface area contributed by atoms with Crippen LogP contribution in [0.3, 0.4) is 0 Å². The Bertz CT molecular complexity index is 713. The Kier molecular flexibility index (Phi) is 4.74. The average Bonchev–Trinajstić information content (AvgIpc) is 2.53. The third-order valence-corrected chi connectivity index (χ3v) is 4.93. The van der Waals surface area contributed by atoms with Crippen LogP contribution in [0, 0.1) is 0 Å². The molecule has 0 atom stereocenters. The molecule has 1 heterocycles. The van der Waals surface area contributed by atoms with Crippen LogP contribution in [0.1, 0.15) is 34.7 Å². The van der Waals surface area contributed by atoms with Gasteiger partial charge in [-0.2, -0.15) is 0 Å². The van der Waals surface area contributed by atoms with E-state index in [4.69, 9.17) is 27.9 Å². The molecule has 1 aromatic heterocycles. The Morgan fingerprint density at radius 2 is 1.91 bits per heavy atom. The van der Waals surface area contributed by atoms with Gasteiger partial charge in [0.1, 0.15) is 5.75 Å². The van der Waals surface area contributed by atoms with E-state index >= 15 is 0 Å². The molecule has 1 saturated carbocycles. The second-order valence-corrected chi connectivity index (χ2v) is 6.38. The van der Waals surface area contributed by atoms with E-state index in [1.165, 1.54) is 18.0 Å². The van der Waals surface area contributed by atoms with Gasteiger partial charge in [-0.15, -0.1) is 0 Å². The molecule has 1 aliphatic rings. The van der Waals surface area contributed by atoms with Crippen LogP contribution in [-0.4, -0.2) is 24.0 Å². The SMILES string of the molecule is COc1ccc(C2CC(NC(=O)c3cncc(Cl)c3Cl)C2)cc1. The maximum atomic E-state index is 12.2. The summed E-state index contributed by atoms with van der Waals surface area (Å²) in [4.78, 5) is 16.1. The van der Waals surface area contributed by atoms with Crippen LogP contribution in [0.15, 0.2) is 36.7 Å². The molecule has 1 N–H and O–H groups in total. The summed E-state index contributed by atoms with van der Waals surface area (Å²) in [6, 6.07) is 8.19. The van der Waals surface area contributed by atoms with Gasteiger partial charge < -0.3 is 10.1 Å². The first kappa shape index (κ1) is 16.1. The molecule has 6 heteroatoms. The molecule has 0 spiro atoms. The summed E-state index contributed by atoms with van der Waals surface area (Å²) in [5.74, 6) is 1.07. The van der Waals surface area contributed by atoms with E-state index in [0.29, 0.717) is 11.5 Å². The molecule has 120 valence electrons. The summed E-state index contributed by atoms with van der Waals surface area (Å²) in [5, 5.41) is 3.50. The molecule has 1 fully saturated rings. The van der Waals surface area contributed by atoms with Crippen LogP contribution in [0.5, 0.6) is 5.75 Å². The first-order valence-electron chi connectivity index (χ1n) is 7.32. The van der Waals surface area contributed by atoms with Crippen molar-refractivity contribution in [1.82, 2.24) is 10.3 Å². The predicted octanol–water partition coefficient (Wildman–Crippen LogP) is 4.07. The number of benzene rings is 1. The smallest absolute Gasteiger partial charge is 0.254 e. The number of carbonyl (C=O) groups is 1. The zero-order chi connectivity index (χ0) is 16.4. The monoisotopic (exact) mass is 350 g/mol. The number of nitrogens with one attached hydrogen (secondary N) is 1. The molecule has 0 radical (unpaired) electrons. The number of carbonyl (C=O) groups excluding carboxylic acids is 1. The van der Waals surface area contributed by atoms with Crippen molar-refractivity contribution in [2.45, 2.75) is 24.8 Å². The molecule has 1 aliphatic carbocycles.